The Morgan fingerprint density at radius 1 is 1.33 bits per heavy atom. The second-order valence-corrected chi connectivity index (χ2v) is 7.47. The van der Waals surface area contributed by atoms with E-state index in [1.165, 1.54) is 24.5 Å². The number of aromatic nitrogens is 2. The molecule has 1 aromatic heterocycles. The number of hydrogen-bond donors (Lipinski definition) is 1. The average Bonchev–Trinajstić information content (AvgIpc) is 2.58. The maximum atomic E-state index is 13.5. The first kappa shape index (κ1) is 19.8. The third-order valence-electron chi connectivity index (χ3n) is 3.91. The number of alkyl halides is 3. The van der Waals surface area contributed by atoms with Crippen molar-refractivity contribution in [2.75, 3.05) is 18.4 Å². The minimum atomic E-state index is -4.55. The highest BCUT2D eigenvalue weighted by Gasteiger charge is 2.47. The summed E-state index contributed by atoms with van der Waals surface area (Å²) in [7, 11) is 0. The number of halogens is 5. The highest BCUT2D eigenvalue weighted by atomic mass is 127. The van der Waals surface area contributed by atoms with Crippen LogP contribution in [-0.2, 0) is 4.79 Å². The third-order valence-corrected chi connectivity index (χ3v) is 4.78. The molecule has 0 saturated heterocycles. The van der Waals surface area contributed by atoms with Crippen LogP contribution in [0.3, 0.4) is 0 Å². The zero-order valence-corrected chi connectivity index (χ0v) is 16.3. The zero-order valence-electron chi connectivity index (χ0n) is 13.4. The van der Waals surface area contributed by atoms with Crippen molar-refractivity contribution in [3.8, 4) is 0 Å². The number of amides is 2. The van der Waals surface area contributed by atoms with E-state index in [9.17, 15) is 22.8 Å². The van der Waals surface area contributed by atoms with Crippen LogP contribution in [0.2, 0.25) is 5.02 Å². The fourth-order valence-corrected chi connectivity index (χ4v) is 3.33. The highest BCUT2D eigenvalue weighted by molar-refractivity contribution is 14.1. The number of carbonyl (C=O) groups is 2. The first-order valence-corrected chi connectivity index (χ1v) is 9.03. The third kappa shape index (κ3) is 4.49. The molecule has 0 aliphatic carbocycles. The molecule has 1 atom stereocenters. The van der Waals surface area contributed by atoms with Crippen LogP contribution in [0.1, 0.15) is 21.8 Å². The van der Waals surface area contributed by atoms with Crippen molar-refractivity contribution in [1.82, 2.24) is 14.9 Å². The van der Waals surface area contributed by atoms with E-state index in [-0.39, 0.29) is 22.1 Å². The van der Waals surface area contributed by atoms with Gasteiger partial charge in [0.15, 0.2) is 0 Å². The fraction of sp³-hybridized carbons (Fsp3) is 0.250. The van der Waals surface area contributed by atoms with E-state index in [0.717, 1.165) is 4.90 Å². The summed E-state index contributed by atoms with van der Waals surface area (Å²) in [6, 6.07) is 4.26. The molecule has 0 spiro atoms. The summed E-state index contributed by atoms with van der Waals surface area (Å²) in [5.41, 5.74) is -0.128. The van der Waals surface area contributed by atoms with E-state index in [2.05, 4.69) is 15.3 Å². The van der Waals surface area contributed by atoms with E-state index >= 15 is 0 Å². The average molecular weight is 511 g/mol. The molecule has 6 nitrogen and oxygen atoms in total. The number of carbonyl (C=O) groups excluding carboxylic acids is 2. The number of benzene rings is 1. The minimum Gasteiger partial charge on any atom is -0.328 e. The molecule has 0 bridgehead atoms. The van der Waals surface area contributed by atoms with E-state index in [1.54, 1.807) is 6.07 Å². The van der Waals surface area contributed by atoms with Crippen LogP contribution in [-0.4, -0.2) is 45.9 Å². The molecule has 1 aromatic carbocycles. The molecule has 1 aliphatic rings. The molecule has 1 aliphatic heterocycles. The highest BCUT2D eigenvalue weighted by Crippen LogP contribution is 2.40. The molecule has 0 saturated carbocycles. The molecule has 27 heavy (non-hydrogen) atoms. The van der Waals surface area contributed by atoms with Gasteiger partial charge in [-0.05, 0) is 46.4 Å². The van der Waals surface area contributed by atoms with Crippen LogP contribution in [0.4, 0.5) is 19.1 Å². The zero-order chi connectivity index (χ0) is 19.8. The summed E-state index contributed by atoms with van der Waals surface area (Å²) in [5.74, 6) is -3.26. The predicted molar refractivity (Wildman–Crippen MR) is 99.5 cm³/mol. The molecular weight excluding hydrogens is 500 g/mol. The van der Waals surface area contributed by atoms with Gasteiger partial charge in [0.2, 0.25) is 11.9 Å². The quantitative estimate of drug-likeness (QED) is 0.642. The monoisotopic (exact) mass is 510 g/mol. The molecule has 1 N–H and O–H groups in total. The molecule has 0 fully saturated rings. The van der Waals surface area contributed by atoms with E-state index in [0.29, 0.717) is 3.57 Å². The Morgan fingerprint density at radius 2 is 2.00 bits per heavy atom. The van der Waals surface area contributed by atoms with Gasteiger partial charge in [-0.1, -0.05) is 11.6 Å². The SMILES string of the molecule is O=C(CN1C[C@H](C(F)(F)F)c2cc(I)ccc2C1=O)Nc1ncc(Cl)cn1. The van der Waals surface area contributed by atoms with Crippen LogP contribution in [0.25, 0.3) is 0 Å². The normalized spacial score (nSPS) is 16.9. The topological polar surface area (TPSA) is 75.2 Å². The number of fused-ring (bicyclic) bond motifs is 1. The second-order valence-electron chi connectivity index (χ2n) is 5.78. The standard InChI is InChI=1S/C16H11ClF3IN4O2/c17-8-4-22-15(23-5-8)24-13(26)7-25-6-12(16(18,19)20)11-3-9(21)1-2-10(11)14(25)27/h1-5,12H,6-7H2,(H,22,23,24,26)/t12-/m0/s1. The molecule has 2 aromatic rings. The van der Waals surface area contributed by atoms with Crippen LogP contribution < -0.4 is 5.32 Å². The first-order valence-electron chi connectivity index (χ1n) is 7.58. The Balaban J connectivity index is 1.81. The van der Waals surface area contributed by atoms with Gasteiger partial charge in [0.05, 0.1) is 23.3 Å². The largest absolute Gasteiger partial charge is 0.397 e. The molecule has 2 heterocycles. The molecular formula is C16H11ClF3IN4O2. The van der Waals surface area contributed by atoms with Gasteiger partial charge in [-0.3, -0.25) is 14.9 Å². The van der Waals surface area contributed by atoms with Gasteiger partial charge in [-0.25, -0.2) is 9.97 Å². The Bertz CT molecular complexity index is 892. The van der Waals surface area contributed by atoms with Crippen LogP contribution in [0.5, 0.6) is 0 Å². The van der Waals surface area contributed by atoms with E-state index in [1.807, 2.05) is 22.6 Å². The van der Waals surface area contributed by atoms with Crippen molar-refractivity contribution in [1.29, 1.82) is 0 Å². The van der Waals surface area contributed by atoms with E-state index in [4.69, 9.17) is 11.6 Å². The van der Waals surface area contributed by atoms with Crippen LogP contribution in [0.15, 0.2) is 30.6 Å². The number of rotatable bonds is 3. The number of hydrogen-bond acceptors (Lipinski definition) is 4. The lowest BCUT2D eigenvalue weighted by molar-refractivity contribution is -0.155. The Morgan fingerprint density at radius 3 is 2.63 bits per heavy atom. The van der Waals surface area contributed by atoms with Gasteiger partial charge in [-0.15, -0.1) is 0 Å². The van der Waals surface area contributed by atoms with Gasteiger partial charge >= 0.3 is 6.18 Å². The number of nitrogens with one attached hydrogen (secondary N) is 1. The molecule has 142 valence electrons. The maximum absolute atomic E-state index is 13.5. The molecule has 3 rings (SSSR count). The lowest BCUT2D eigenvalue weighted by atomic mass is 9.88. The second kappa shape index (κ2) is 7.58. The molecule has 2 amide bonds. The van der Waals surface area contributed by atoms with Gasteiger partial charge in [-0.2, -0.15) is 13.2 Å². The van der Waals surface area contributed by atoms with Crippen molar-refractivity contribution in [3.05, 3.63) is 50.3 Å². The number of nitrogens with zero attached hydrogens (tertiary/aromatic N) is 3. The summed E-state index contributed by atoms with van der Waals surface area (Å²) in [6.45, 7) is -1.19. The van der Waals surface area contributed by atoms with Gasteiger partial charge < -0.3 is 4.90 Å². The Labute approximate surface area is 170 Å². The molecule has 0 radical (unpaired) electrons. The summed E-state index contributed by atoms with van der Waals surface area (Å²) in [4.78, 5) is 33.1. The van der Waals surface area contributed by atoms with Gasteiger partial charge in [0.25, 0.3) is 5.91 Å². The fourth-order valence-electron chi connectivity index (χ4n) is 2.72. The van der Waals surface area contributed by atoms with Crippen molar-refractivity contribution in [2.45, 2.75) is 12.1 Å². The maximum Gasteiger partial charge on any atom is 0.397 e. The Kier molecular flexibility index (Phi) is 5.56. The smallest absolute Gasteiger partial charge is 0.328 e. The summed E-state index contributed by atoms with van der Waals surface area (Å²) >= 11 is 7.53. The van der Waals surface area contributed by atoms with Gasteiger partial charge in [0, 0.05) is 15.7 Å². The number of anilines is 1. The lowest BCUT2D eigenvalue weighted by Crippen LogP contribution is -2.47. The van der Waals surface area contributed by atoms with Crippen molar-refractivity contribution >= 4 is 52.0 Å². The minimum absolute atomic E-state index is 0.0560. The van der Waals surface area contributed by atoms with Crippen LogP contribution >= 0.6 is 34.2 Å². The summed E-state index contributed by atoms with van der Waals surface area (Å²) in [5, 5.41) is 2.59. The summed E-state index contributed by atoms with van der Waals surface area (Å²) in [6.07, 6.45) is -2.03. The Hall–Kier alpha value is -1.95. The molecule has 0 unspecified atom stereocenters. The van der Waals surface area contributed by atoms with Crippen molar-refractivity contribution < 1.29 is 22.8 Å². The first-order chi connectivity index (χ1) is 12.6. The summed E-state index contributed by atoms with van der Waals surface area (Å²) < 4.78 is 41.1. The van der Waals surface area contributed by atoms with Crippen LogP contribution in [0, 0.1) is 3.57 Å². The van der Waals surface area contributed by atoms with Gasteiger partial charge in [0.1, 0.15) is 6.54 Å². The van der Waals surface area contributed by atoms with Crippen molar-refractivity contribution in [2.24, 2.45) is 0 Å². The lowest BCUT2D eigenvalue weighted by Gasteiger charge is -2.35. The van der Waals surface area contributed by atoms with E-state index < -0.39 is 37.0 Å². The van der Waals surface area contributed by atoms with Crippen molar-refractivity contribution in [3.63, 3.8) is 0 Å². The molecule has 11 heteroatoms. The predicted octanol–water partition coefficient (Wildman–Crippen LogP) is 3.48.